The molecule has 0 bridgehead atoms. The molecule has 2 aliphatic rings. The first-order chi connectivity index (χ1) is 22.7. The summed E-state index contributed by atoms with van der Waals surface area (Å²) in [6.07, 6.45) is 5.76. The number of aliphatic hydroxyl groups excluding tert-OH is 1. The average Bonchev–Trinajstić information content (AvgIpc) is 3.69. The topological polar surface area (TPSA) is 129 Å². The molecule has 4 N–H and O–H groups in total. The van der Waals surface area contributed by atoms with E-state index in [2.05, 4.69) is 15.2 Å². The number of hydrogen-bond acceptors (Lipinski definition) is 7. The molecule has 1 saturated heterocycles. The molecular weight excluding hydrogens is 594 g/mol. The number of aromatic nitrogens is 1. The number of aliphatic hydroxyl groups is 1. The number of pyridine rings is 1. The Labute approximate surface area is 278 Å². The molecule has 3 aromatic rings. The number of H-pyrrole nitrogens is 1. The SMILES string of the molecule is CC.CN(CCCCC(=O)N(C)c1ccc(CNCC(O)c2ccc(O)c3[nH]c(=O)ccc23)cc1)C(=O)CCN1CC2CCCC2C1. The maximum Gasteiger partial charge on any atom is 0.248 e. The van der Waals surface area contributed by atoms with Gasteiger partial charge in [0.05, 0.1) is 11.6 Å². The van der Waals surface area contributed by atoms with Gasteiger partial charge < -0.3 is 35.2 Å². The first-order valence-corrected chi connectivity index (χ1v) is 17.2. The lowest BCUT2D eigenvalue weighted by atomic mass is 10.0. The molecule has 3 unspecified atom stereocenters. The highest BCUT2D eigenvalue weighted by Gasteiger charge is 2.35. The smallest absolute Gasteiger partial charge is 0.248 e. The van der Waals surface area contributed by atoms with Gasteiger partial charge in [0, 0.05) is 83.3 Å². The Morgan fingerprint density at radius 3 is 2.36 bits per heavy atom. The van der Waals surface area contributed by atoms with Crippen molar-refractivity contribution < 1.29 is 19.8 Å². The number of carbonyl (C=O) groups excluding carboxylic acids is 2. The molecule has 2 amide bonds. The maximum absolute atomic E-state index is 12.8. The minimum absolute atomic E-state index is 0.0417. The lowest BCUT2D eigenvalue weighted by Gasteiger charge is -2.21. The lowest BCUT2D eigenvalue weighted by molar-refractivity contribution is -0.130. The van der Waals surface area contributed by atoms with Crippen LogP contribution in [0.4, 0.5) is 5.69 Å². The highest BCUT2D eigenvalue weighted by Crippen LogP contribution is 2.37. The van der Waals surface area contributed by atoms with E-state index in [9.17, 15) is 24.6 Å². The van der Waals surface area contributed by atoms with Crippen LogP contribution in [0.5, 0.6) is 5.75 Å². The molecule has 1 aliphatic carbocycles. The number of amides is 2. The van der Waals surface area contributed by atoms with Gasteiger partial charge in [-0.1, -0.05) is 38.5 Å². The number of rotatable bonds is 14. The normalized spacial score (nSPS) is 18.0. The number of nitrogens with one attached hydrogen (secondary N) is 2. The largest absolute Gasteiger partial charge is 0.506 e. The van der Waals surface area contributed by atoms with Gasteiger partial charge in [-0.15, -0.1) is 0 Å². The van der Waals surface area contributed by atoms with Crippen LogP contribution in [0.2, 0.25) is 0 Å². The molecule has 0 spiro atoms. The van der Waals surface area contributed by atoms with Crippen molar-refractivity contribution in [3.05, 3.63) is 70.0 Å². The van der Waals surface area contributed by atoms with Crippen molar-refractivity contribution in [2.24, 2.45) is 11.8 Å². The summed E-state index contributed by atoms with van der Waals surface area (Å²) in [6.45, 7) is 8.64. The number of phenols is 1. The molecule has 2 heterocycles. The Hall–Kier alpha value is -3.73. The van der Waals surface area contributed by atoms with Gasteiger partial charge in [0.2, 0.25) is 17.4 Å². The first kappa shape index (κ1) is 36.1. The zero-order valence-corrected chi connectivity index (χ0v) is 28.5. The van der Waals surface area contributed by atoms with Crippen LogP contribution < -0.4 is 15.8 Å². The second-order valence-corrected chi connectivity index (χ2v) is 12.8. The quantitative estimate of drug-likeness (QED) is 0.185. The van der Waals surface area contributed by atoms with Crippen LogP contribution in [0.15, 0.2) is 53.3 Å². The summed E-state index contributed by atoms with van der Waals surface area (Å²) < 4.78 is 0. The molecule has 47 heavy (non-hydrogen) atoms. The molecule has 1 aliphatic heterocycles. The molecule has 1 saturated carbocycles. The van der Waals surface area contributed by atoms with E-state index in [1.54, 1.807) is 24.1 Å². The van der Waals surface area contributed by atoms with Gasteiger partial charge in [-0.05, 0) is 72.9 Å². The van der Waals surface area contributed by atoms with Gasteiger partial charge in [-0.25, -0.2) is 0 Å². The van der Waals surface area contributed by atoms with Crippen LogP contribution in [-0.2, 0) is 16.1 Å². The molecule has 256 valence electrons. The zero-order chi connectivity index (χ0) is 33.9. The Bertz CT molecular complexity index is 1510. The number of phenolic OH excluding ortho intramolecular Hbond substituents is 1. The minimum Gasteiger partial charge on any atom is -0.506 e. The molecule has 0 radical (unpaired) electrons. The number of unbranched alkanes of at least 4 members (excludes halogenated alkanes) is 1. The Morgan fingerprint density at radius 2 is 1.66 bits per heavy atom. The standard InChI is InChI=1S/C35H47N5O5.C2H6/c1-38(33(44)17-19-40-22-25-6-5-7-26(25)23-40)18-4-3-8-34(45)39(2)27-11-9-24(10-12-27)20-36-21-31(42)28-13-15-30(41)35-29(28)14-16-32(43)37-35;1-2/h9-16,25-26,31,36,41-42H,3-8,17-23H2,1-2H3,(H,37,43);1-2H3. The minimum atomic E-state index is -0.838. The van der Waals surface area contributed by atoms with Crippen molar-refractivity contribution in [2.75, 3.05) is 51.7 Å². The van der Waals surface area contributed by atoms with E-state index >= 15 is 0 Å². The lowest BCUT2D eigenvalue weighted by Crippen LogP contribution is -2.32. The van der Waals surface area contributed by atoms with E-state index in [-0.39, 0.29) is 29.7 Å². The summed E-state index contributed by atoms with van der Waals surface area (Å²) in [4.78, 5) is 45.6. The number of aromatic amines is 1. The molecule has 3 atom stereocenters. The van der Waals surface area contributed by atoms with Gasteiger partial charge in [-0.2, -0.15) is 0 Å². The number of aromatic hydroxyl groups is 1. The summed E-state index contributed by atoms with van der Waals surface area (Å²) in [6, 6.07) is 13.8. The molecular formula is C37H53N5O5. The molecule has 1 aromatic heterocycles. The van der Waals surface area contributed by atoms with Crippen molar-refractivity contribution >= 4 is 28.4 Å². The fourth-order valence-electron chi connectivity index (χ4n) is 6.87. The van der Waals surface area contributed by atoms with Crippen molar-refractivity contribution in [3.63, 3.8) is 0 Å². The van der Waals surface area contributed by atoms with Crippen molar-refractivity contribution in [1.29, 1.82) is 0 Å². The summed E-state index contributed by atoms with van der Waals surface area (Å²) in [5, 5.41) is 24.7. The second-order valence-electron chi connectivity index (χ2n) is 12.8. The number of carbonyl (C=O) groups is 2. The molecule has 10 nitrogen and oxygen atoms in total. The third kappa shape index (κ3) is 9.65. The average molecular weight is 648 g/mol. The van der Waals surface area contributed by atoms with Gasteiger partial charge in [0.1, 0.15) is 5.75 Å². The van der Waals surface area contributed by atoms with Crippen LogP contribution in [0, 0.1) is 11.8 Å². The summed E-state index contributed by atoms with van der Waals surface area (Å²) in [5.74, 6) is 1.89. The molecule has 2 fully saturated rings. The predicted molar refractivity (Wildman–Crippen MR) is 187 cm³/mol. The van der Waals surface area contributed by atoms with Crippen LogP contribution in [-0.4, -0.2) is 83.6 Å². The fraction of sp³-hybridized carbons (Fsp3) is 0.541. The number of anilines is 1. The van der Waals surface area contributed by atoms with Gasteiger partial charge in [0.25, 0.3) is 0 Å². The van der Waals surface area contributed by atoms with E-state index in [1.807, 2.05) is 50.1 Å². The highest BCUT2D eigenvalue weighted by atomic mass is 16.3. The monoisotopic (exact) mass is 647 g/mol. The van der Waals surface area contributed by atoms with E-state index in [1.165, 1.54) is 31.4 Å². The summed E-state index contributed by atoms with van der Waals surface area (Å²) >= 11 is 0. The summed E-state index contributed by atoms with van der Waals surface area (Å²) in [7, 11) is 3.65. The van der Waals surface area contributed by atoms with E-state index in [4.69, 9.17) is 0 Å². The number of hydrogen-bond donors (Lipinski definition) is 4. The number of nitrogens with zero attached hydrogens (tertiary/aromatic N) is 3. The maximum atomic E-state index is 12.8. The Morgan fingerprint density at radius 1 is 0.957 bits per heavy atom. The third-order valence-electron chi connectivity index (χ3n) is 9.63. The van der Waals surface area contributed by atoms with Crippen LogP contribution in [0.1, 0.15) is 76.0 Å². The molecule has 2 aromatic carbocycles. The third-order valence-corrected chi connectivity index (χ3v) is 9.63. The molecule has 10 heteroatoms. The fourth-order valence-corrected chi connectivity index (χ4v) is 6.87. The Balaban J connectivity index is 0.00000245. The number of likely N-dealkylation sites (tertiary alicyclic amines) is 1. The zero-order valence-electron chi connectivity index (χ0n) is 28.5. The van der Waals surface area contributed by atoms with Crippen LogP contribution in [0.25, 0.3) is 10.9 Å². The Kier molecular flexibility index (Phi) is 13.4. The van der Waals surface area contributed by atoms with E-state index in [0.717, 1.165) is 55.6 Å². The van der Waals surface area contributed by atoms with Gasteiger partial charge in [-0.3, -0.25) is 14.4 Å². The second kappa shape index (κ2) is 17.4. The van der Waals surface area contributed by atoms with E-state index in [0.29, 0.717) is 42.4 Å². The highest BCUT2D eigenvalue weighted by molar-refractivity contribution is 5.92. The van der Waals surface area contributed by atoms with Gasteiger partial charge >= 0.3 is 0 Å². The van der Waals surface area contributed by atoms with E-state index < -0.39 is 6.10 Å². The first-order valence-electron chi connectivity index (χ1n) is 17.2. The van der Waals surface area contributed by atoms with Crippen molar-refractivity contribution in [2.45, 2.75) is 71.4 Å². The molecule has 5 rings (SSSR count). The van der Waals surface area contributed by atoms with Crippen molar-refractivity contribution in [3.8, 4) is 5.75 Å². The van der Waals surface area contributed by atoms with Gasteiger partial charge in [0.15, 0.2) is 0 Å². The number of fused-ring (bicyclic) bond motifs is 2. The predicted octanol–water partition coefficient (Wildman–Crippen LogP) is 4.80. The van der Waals surface area contributed by atoms with Crippen LogP contribution >= 0.6 is 0 Å². The summed E-state index contributed by atoms with van der Waals surface area (Å²) in [5.41, 5.74) is 2.41. The van der Waals surface area contributed by atoms with Crippen LogP contribution in [0.3, 0.4) is 0 Å². The van der Waals surface area contributed by atoms with Crippen molar-refractivity contribution in [1.82, 2.24) is 20.1 Å². The number of benzene rings is 2.